The Morgan fingerprint density at radius 3 is 2.14 bits per heavy atom. The Morgan fingerprint density at radius 2 is 1.55 bits per heavy atom. The van der Waals surface area contributed by atoms with Gasteiger partial charge in [0.1, 0.15) is 6.23 Å². The van der Waals surface area contributed by atoms with Gasteiger partial charge in [-0.2, -0.15) is 0 Å². The maximum atomic E-state index is 9.79. The Kier molecular flexibility index (Phi) is 7.24. The maximum absolute atomic E-state index is 9.79. The minimum atomic E-state index is -0.451. The van der Waals surface area contributed by atoms with Crippen molar-refractivity contribution in [1.82, 2.24) is 4.90 Å². The van der Waals surface area contributed by atoms with E-state index in [-0.39, 0.29) is 0 Å². The molecule has 0 saturated heterocycles. The summed E-state index contributed by atoms with van der Waals surface area (Å²) >= 11 is 0. The van der Waals surface area contributed by atoms with Gasteiger partial charge in [-0.3, -0.25) is 0 Å². The van der Waals surface area contributed by atoms with Crippen LogP contribution in [0.2, 0.25) is 0 Å². The summed E-state index contributed by atoms with van der Waals surface area (Å²) < 4.78 is 0. The van der Waals surface area contributed by atoms with Crippen molar-refractivity contribution in [3.05, 3.63) is 59.8 Å². The number of unbranched alkanes of at least 4 members (excludes halogenated alkanes) is 3. The smallest absolute Gasteiger partial charge is 0.146 e. The summed E-state index contributed by atoms with van der Waals surface area (Å²) in [7, 11) is 0. The summed E-state index contributed by atoms with van der Waals surface area (Å²) in [6.45, 7) is 3.16. The predicted molar refractivity (Wildman–Crippen MR) is 93.6 cm³/mol. The molecule has 1 aliphatic heterocycles. The lowest BCUT2D eigenvalue weighted by atomic mass is 10.0. The number of aliphatic hydroxyl groups is 1. The minimum Gasteiger partial charge on any atom is -0.370 e. The van der Waals surface area contributed by atoms with E-state index < -0.39 is 6.23 Å². The van der Waals surface area contributed by atoms with Crippen molar-refractivity contribution in [3.63, 3.8) is 0 Å². The van der Waals surface area contributed by atoms with Crippen LogP contribution in [-0.4, -0.2) is 22.8 Å². The standard InChI is InChI=1S/C20H29NO/c1-2-3-4-9-18-12-14-19(15-13-18)10-5-7-16-21-17-8-6-11-20(21)22/h6,8,11-15,17,20,22H,2-5,7,9-10,16H2,1H3. The van der Waals surface area contributed by atoms with Crippen molar-refractivity contribution in [3.8, 4) is 0 Å². The summed E-state index contributed by atoms with van der Waals surface area (Å²) in [5.41, 5.74) is 2.89. The van der Waals surface area contributed by atoms with Crippen LogP contribution in [0.4, 0.5) is 0 Å². The highest BCUT2D eigenvalue weighted by Gasteiger charge is 2.09. The second-order valence-corrected chi connectivity index (χ2v) is 6.11. The summed E-state index contributed by atoms with van der Waals surface area (Å²) in [5, 5.41) is 9.79. The van der Waals surface area contributed by atoms with E-state index >= 15 is 0 Å². The van der Waals surface area contributed by atoms with E-state index in [1.165, 1.54) is 36.8 Å². The van der Waals surface area contributed by atoms with Gasteiger partial charge in [-0.1, -0.05) is 50.1 Å². The maximum Gasteiger partial charge on any atom is 0.146 e. The van der Waals surface area contributed by atoms with Crippen LogP contribution >= 0.6 is 0 Å². The first-order valence-electron chi connectivity index (χ1n) is 8.66. The molecule has 0 spiro atoms. The van der Waals surface area contributed by atoms with E-state index in [1.807, 2.05) is 29.3 Å². The number of allylic oxidation sites excluding steroid dienone is 2. The van der Waals surface area contributed by atoms with Crippen molar-refractivity contribution in [2.45, 2.75) is 58.1 Å². The molecule has 1 atom stereocenters. The fourth-order valence-corrected chi connectivity index (χ4v) is 2.80. The Labute approximate surface area is 135 Å². The minimum absolute atomic E-state index is 0.451. The van der Waals surface area contributed by atoms with Crippen LogP contribution in [-0.2, 0) is 12.8 Å². The molecule has 2 nitrogen and oxygen atoms in total. The molecule has 120 valence electrons. The number of benzene rings is 1. The van der Waals surface area contributed by atoms with E-state index in [0.29, 0.717) is 0 Å². The molecule has 1 aromatic rings. The molecular formula is C20H29NO. The number of aliphatic hydroxyl groups excluding tert-OH is 1. The van der Waals surface area contributed by atoms with Gasteiger partial charge in [0.15, 0.2) is 0 Å². The quantitative estimate of drug-likeness (QED) is 0.681. The predicted octanol–water partition coefficient (Wildman–Crippen LogP) is 4.45. The molecule has 0 amide bonds. The SMILES string of the molecule is CCCCCc1ccc(CCCCN2C=CC=CC2O)cc1. The van der Waals surface area contributed by atoms with E-state index in [9.17, 15) is 5.11 Å². The Balaban J connectivity index is 1.64. The normalized spacial score (nSPS) is 17.2. The first-order valence-corrected chi connectivity index (χ1v) is 8.66. The number of aryl methyl sites for hydroxylation is 2. The van der Waals surface area contributed by atoms with E-state index in [1.54, 1.807) is 0 Å². The van der Waals surface area contributed by atoms with Crippen LogP contribution in [0, 0.1) is 0 Å². The number of rotatable bonds is 9. The number of nitrogens with zero attached hydrogens (tertiary/aromatic N) is 1. The molecule has 1 aliphatic rings. The first kappa shape index (κ1) is 16.8. The average molecular weight is 299 g/mol. The number of hydrogen-bond donors (Lipinski definition) is 1. The van der Waals surface area contributed by atoms with Crippen molar-refractivity contribution in [2.24, 2.45) is 0 Å². The Morgan fingerprint density at radius 1 is 0.909 bits per heavy atom. The molecule has 0 radical (unpaired) electrons. The first-order chi connectivity index (χ1) is 10.8. The van der Waals surface area contributed by atoms with Gasteiger partial charge in [0, 0.05) is 12.7 Å². The largest absolute Gasteiger partial charge is 0.370 e. The molecule has 1 unspecified atom stereocenters. The molecule has 0 aliphatic carbocycles. The Hall–Kier alpha value is -1.54. The van der Waals surface area contributed by atoms with Gasteiger partial charge in [-0.25, -0.2) is 0 Å². The molecule has 0 aromatic heterocycles. The third-order valence-electron chi connectivity index (χ3n) is 4.24. The molecular weight excluding hydrogens is 270 g/mol. The highest BCUT2D eigenvalue weighted by molar-refractivity contribution is 5.22. The molecule has 1 aromatic carbocycles. The van der Waals surface area contributed by atoms with Gasteiger partial charge in [0.05, 0.1) is 0 Å². The molecule has 0 saturated carbocycles. The van der Waals surface area contributed by atoms with E-state index in [4.69, 9.17) is 0 Å². The van der Waals surface area contributed by atoms with Crippen molar-refractivity contribution in [1.29, 1.82) is 0 Å². The van der Waals surface area contributed by atoms with Crippen molar-refractivity contribution >= 4 is 0 Å². The lowest BCUT2D eigenvalue weighted by Crippen LogP contribution is -2.30. The Bertz CT molecular complexity index is 475. The highest BCUT2D eigenvalue weighted by atomic mass is 16.3. The molecule has 2 rings (SSSR count). The van der Waals surface area contributed by atoms with Crippen LogP contribution in [0.25, 0.3) is 0 Å². The van der Waals surface area contributed by atoms with Gasteiger partial charge in [0.2, 0.25) is 0 Å². The van der Waals surface area contributed by atoms with Gasteiger partial charge < -0.3 is 10.0 Å². The van der Waals surface area contributed by atoms with Crippen molar-refractivity contribution < 1.29 is 5.11 Å². The second kappa shape index (κ2) is 9.47. The highest BCUT2D eigenvalue weighted by Crippen LogP contribution is 2.12. The van der Waals surface area contributed by atoms with Gasteiger partial charge in [-0.15, -0.1) is 0 Å². The van der Waals surface area contributed by atoms with E-state index in [0.717, 1.165) is 25.8 Å². The molecule has 1 N–H and O–H groups in total. The van der Waals surface area contributed by atoms with Gasteiger partial charge >= 0.3 is 0 Å². The fraction of sp³-hybridized carbons (Fsp3) is 0.500. The molecule has 2 heteroatoms. The summed E-state index contributed by atoms with van der Waals surface area (Å²) in [4.78, 5) is 1.98. The molecule has 0 bridgehead atoms. The zero-order valence-corrected chi connectivity index (χ0v) is 13.7. The zero-order valence-electron chi connectivity index (χ0n) is 13.7. The summed E-state index contributed by atoms with van der Waals surface area (Å²) in [6.07, 6.45) is 15.7. The third kappa shape index (κ3) is 5.69. The molecule has 1 heterocycles. The monoisotopic (exact) mass is 299 g/mol. The van der Waals surface area contributed by atoms with Crippen LogP contribution in [0.15, 0.2) is 48.7 Å². The summed E-state index contributed by atoms with van der Waals surface area (Å²) in [5.74, 6) is 0. The van der Waals surface area contributed by atoms with Crippen LogP contribution in [0.1, 0.15) is 50.2 Å². The zero-order chi connectivity index (χ0) is 15.6. The lowest BCUT2D eigenvalue weighted by molar-refractivity contribution is 0.0764. The number of hydrogen-bond acceptors (Lipinski definition) is 2. The van der Waals surface area contributed by atoms with Crippen LogP contribution in [0.5, 0.6) is 0 Å². The molecule has 0 fully saturated rings. The topological polar surface area (TPSA) is 23.5 Å². The average Bonchev–Trinajstić information content (AvgIpc) is 2.55. The van der Waals surface area contributed by atoms with Crippen LogP contribution < -0.4 is 0 Å². The van der Waals surface area contributed by atoms with Crippen molar-refractivity contribution in [2.75, 3.05) is 6.54 Å². The summed E-state index contributed by atoms with van der Waals surface area (Å²) in [6, 6.07) is 9.12. The van der Waals surface area contributed by atoms with E-state index in [2.05, 4.69) is 31.2 Å². The fourth-order valence-electron chi connectivity index (χ4n) is 2.80. The molecule has 22 heavy (non-hydrogen) atoms. The van der Waals surface area contributed by atoms with Gasteiger partial charge in [0.25, 0.3) is 0 Å². The van der Waals surface area contributed by atoms with Gasteiger partial charge in [-0.05, 0) is 55.4 Å². The second-order valence-electron chi connectivity index (χ2n) is 6.11. The lowest BCUT2D eigenvalue weighted by Gasteiger charge is -2.26. The third-order valence-corrected chi connectivity index (χ3v) is 4.24. The van der Waals surface area contributed by atoms with Crippen LogP contribution in [0.3, 0.4) is 0 Å².